The number of halogens is 2. The molecule has 0 aliphatic heterocycles. The predicted octanol–water partition coefficient (Wildman–Crippen LogP) is 2.96. The molecule has 0 spiro atoms. The molecule has 1 aromatic carbocycles. The molecule has 0 amide bonds. The Kier molecular flexibility index (Phi) is 5.10. The minimum Gasteiger partial charge on any atom is -0.395 e. The van der Waals surface area contributed by atoms with E-state index in [0.717, 1.165) is 17.7 Å². The van der Waals surface area contributed by atoms with Crippen LogP contribution in [0.1, 0.15) is 0 Å². The van der Waals surface area contributed by atoms with E-state index in [1.165, 1.54) is 6.07 Å². The molecule has 0 radical (unpaired) electrons. The number of benzene rings is 1. The van der Waals surface area contributed by atoms with Gasteiger partial charge in [0.2, 0.25) is 5.95 Å². The molecule has 25 heavy (non-hydrogen) atoms. The molecule has 2 aromatic heterocycles. The van der Waals surface area contributed by atoms with Crippen LogP contribution < -0.4 is 10.6 Å². The van der Waals surface area contributed by atoms with Crippen LogP contribution in [0, 0.1) is 11.6 Å². The van der Waals surface area contributed by atoms with Crippen LogP contribution in [0.5, 0.6) is 0 Å². The molecule has 0 aliphatic carbocycles. The zero-order chi connectivity index (χ0) is 17.6. The van der Waals surface area contributed by atoms with Gasteiger partial charge in [-0.05, 0) is 24.3 Å². The first-order valence-electron chi connectivity index (χ1n) is 7.52. The van der Waals surface area contributed by atoms with Gasteiger partial charge in [0.05, 0.1) is 18.0 Å². The standard InChI is InChI=1S/C17H15F2N5O/c18-12-1-2-14(13(19)9-12)22-16-10-15(11-3-5-20-6-4-11)23-17(24-16)21-7-8-25/h1-6,9-10,25H,7-8H2,(H2,21,22,23,24). The van der Waals surface area contributed by atoms with Crippen molar-refractivity contribution in [2.45, 2.75) is 0 Å². The Balaban J connectivity index is 1.96. The van der Waals surface area contributed by atoms with Gasteiger partial charge >= 0.3 is 0 Å². The summed E-state index contributed by atoms with van der Waals surface area (Å²) in [7, 11) is 0. The van der Waals surface area contributed by atoms with Crippen LogP contribution in [0.4, 0.5) is 26.2 Å². The van der Waals surface area contributed by atoms with Gasteiger partial charge in [-0.25, -0.2) is 13.8 Å². The number of aliphatic hydroxyl groups is 1. The largest absolute Gasteiger partial charge is 0.395 e. The number of nitrogens with zero attached hydrogens (tertiary/aromatic N) is 3. The van der Waals surface area contributed by atoms with Crippen LogP contribution >= 0.6 is 0 Å². The summed E-state index contributed by atoms with van der Waals surface area (Å²) in [4.78, 5) is 12.6. The molecular formula is C17H15F2N5O. The minimum atomic E-state index is -0.728. The average Bonchev–Trinajstić information content (AvgIpc) is 2.63. The van der Waals surface area contributed by atoms with Crippen LogP contribution in [-0.2, 0) is 0 Å². The second kappa shape index (κ2) is 7.63. The summed E-state index contributed by atoms with van der Waals surface area (Å²) in [6.07, 6.45) is 3.26. The number of aromatic nitrogens is 3. The van der Waals surface area contributed by atoms with Gasteiger partial charge in [-0.3, -0.25) is 4.98 Å². The molecule has 0 aliphatic rings. The van der Waals surface area contributed by atoms with E-state index >= 15 is 0 Å². The third-order valence-electron chi connectivity index (χ3n) is 3.29. The fraction of sp³-hybridized carbons (Fsp3) is 0.118. The number of aliphatic hydroxyl groups excluding tert-OH is 1. The van der Waals surface area contributed by atoms with Crippen LogP contribution in [-0.4, -0.2) is 33.2 Å². The lowest BCUT2D eigenvalue weighted by Crippen LogP contribution is -2.10. The van der Waals surface area contributed by atoms with Gasteiger partial charge in [0.1, 0.15) is 17.5 Å². The Morgan fingerprint density at radius 2 is 1.80 bits per heavy atom. The Morgan fingerprint density at radius 1 is 1.00 bits per heavy atom. The Bertz CT molecular complexity index is 861. The van der Waals surface area contributed by atoms with Crippen molar-refractivity contribution in [3.8, 4) is 11.3 Å². The maximum Gasteiger partial charge on any atom is 0.225 e. The van der Waals surface area contributed by atoms with Crippen molar-refractivity contribution in [2.24, 2.45) is 0 Å². The first-order valence-corrected chi connectivity index (χ1v) is 7.52. The van der Waals surface area contributed by atoms with E-state index < -0.39 is 11.6 Å². The van der Waals surface area contributed by atoms with Crippen LogP contribution in [0.15, 0.2) is 48.8 Å². The number of nitrogens with one attached hydrogen (secondary N) is 2. The predicted molar refractivity (Wildman–Crippen MR) is 90.5 cm³/mol. The van der Waals surface area contributed by atoms with Gasteiger partial charge in [-0.2, -0.15) is 4.98 Å². The molecule has 0 saturated heterocycles. The number of rotatable bonds is 6. The molecule has 0 atom stereocenters. The van der Waals surface area contributed by atoms with Crippen molar-refractivity contribution in [1.82, 2.24) is 15.0 Å². The molecule has 2 heterocycles. The monoisotopic (exact) mass is 343 g/mol. The molecule has 3 aromatic rings. The highest BCUT2D eigenvalue weighted by atomic mass is 19.1. The van der Waals surface area contributed by atoms with E-state index in [1.807, 2.05) is 0 Å². The van der Waals surface area contributed by atoms with E-state index in [-0.39, 0.29) is 24.8 Å². The molecule has 3 rings (SSSR count). The van der Waals surface area contributed by atoms with Gasteiger partial charge in [-0.15, -0.1) is 0 Å². The first kappa shape index (κ1) is 16.7. The highest BCUT2D eigenvalue weighted by molar-refractivity contribution is 5.67. The molecule has 0 bridgehead atoms. The van der Waals surface area contributed by atoms with Crippen molar-refractivity contribution in [1.29, 1.82) is 0 Å². The summed E-state index contributed by atoms with van der Waals surface area (Å²) in [5.74, 6) is -0.788. The summed E-state index contributed by atoms with van der Waals surface area (Å²) < 4.78 is 26.9. The fourth-order valence-electron chi connectivity index (χ4n) is 2.16. The van der Waals surface area contributed by atoms with Gasteiger partial charge in [-0.1, -0.05) is 0 Å². The normalized spacial score (nSPS) is 10.5. The van der Waals surface area contributed by atoms with E-state index in [1.54, 1.807) is 30.6 Å². The fourth-order valence-corrected chi connectivity index (χ4v) is 2.16. The van der Waals surface area contributed by atoms with E-state index in [9.17, 15) is 8.78 Å². The molecule has 0 fully saturated rings. The third-order valence-corrected chi connectivity index (χ3v) is 3.29. The van der Waals surface area contributed by atoms with Gasteiger partial charge in [0.25, 0.3) is 0 Å². The Morgan fingerprint density at radius 3 is 2.52 bits per heavy atom. The molecule has 0 unspecified atom stereocenters. The van der Waals surface area contributed by atoms with Gasteiger partial charge in [0, 0.05) is 36.6 Å². The zero-order valence-corrected chi connectivity index (χ0v) is 13.1. The Hall–Kier alpha value is -3.13. The van der Waals surface area contributed by atoms with Crippen molar-refractivity contribution in [3.05, 3.63) is 60.4 Å². The SMILES string of the molecule is OCCNc1nc(Nc2ccc(F)cc2F)cc(-c2ccncc2)n1. The highest BCUT2D eigenvalue weighted by Gasteiger charge is 2.09. The smallest absolute Gasteiger partial charge is 0.225 e. The van der Waals surface area contributed by atoms with E-state index in [0.29, 0.717) is 11.5 Å². The lowest BCUT2D eigenvalue weighted by atomic mass is 10.2. The quantitative estimate of drug-likeness (QED) is 0.638. The van der Waals surface area contributed by atoms with Crippen LogP contribution in [0.2, 0.25) is 0 Å². The minimum absolute atomic E-state index is 0.0851. The number of hydrogen-bond acceptors (Lipinski definition) is 6. The molecule has 3 N–H and O–H groups in total. The second-order valence-electron chi connectivity index (χ2n) is 5.10. The summed E-state index contributed by atoms with van der Waals surface area (Å²) in [5.41, 5.74) is 1.48. The maximum absolute atomic E-state index is 13.9. The zero-order valence-electron chi connectivity index (χ0n) is 13.1. The van der Waals surface area contributed by atoms with E-state index in [2.05, 4.69) is 25.6 Å². The van der Waals surface area contributed by atoms with Crippen molar-refractivity contribution in [2.75, 3.05) is 23.8 Å². The van der Waals surface area contributed by atoms with Crippen LogP contribution in [0.25, 0.3) is 11.3 Å². The molecular weight excluding hydrogens is 328 g/mol. The summed E-state index contributed by atoms with van der Waals surface area (Å²) in [5, 5.41) is 14.6. The summed E-state index contributed by atoms with van der Waals surface area (Å²) >= 11 is 0. The maximum atomic E-state index is 13.9. The lowest BCUT2D eigenvalue weighted by molar-refractivity contribution is 0.311. The number of anilines is 3. The Labute approximate surface area is 142 Å². The van der Waals surface area contributed by atoms with Crippen molar-refractivity contribution < 1.29 is 13.9 Å². The number of hydrogen-bond donors (Lipinski definition) is 3. The van der Waals surface area contributed by atoms with E-state index in [4.69, 9.17) is 5.11 Å². The molecule has 128 valence electrons. The average molecular weight is 343 g/mol. The number of pyridine rings is 1. The third kappa shape index (κ3) is 4.24. The van der Waals surface area contributed by atoms with Crippen molar-refractivity contribution >= 4 is 17.5 Å². The second-order valence-corrected chi connectivity index (χ2v) is 5.10. The molecule has 0 saturated carbocycles. The summed E-state index contributed by atoms with van der Waals surface area (Å²) in [6, 6.07) is 8.43. The van der Waals surface area contributed by atoms with Crippen molar-refractivity contribution in [3.63, 3.8) is 0 Å². The lowest BCUT2D eigenvalue weighted by Gasteiger charge is -2.11. The topological polar surface area (TPSA) is 83.0 Å². The van der Waals surface area contributed by atoms with Gasteiger partial charge < -0.3 is 15.7 Å². The first-order chi connectivity index (χ1) is 12.2. The molecule has 6 nitrogen and oxygen atoms in total. The summed E-state index contributed by atoms with van der Waals surface area (Å²) in [6.45, 7) is 0.183. The molecule has 8 heteroatoms. The van der Waals surface area contributed by atoms with Crippen LogP contribution in [0.3, 0.4) is 0 Å². The van der Waals surface area contributed by atoms with Gasteiger partial charge in [0.15, 0.2) is 0 Å². The highest BCUT2D eigenvalue weighted by Crippen LogP contribution is 2.24.